The number of hydrogen-bond donors (Lipinski definition) is 2. The zero-order valence-corrected chi connectivity index (χ0v) is 8.57. The molecule has 0 spiro atoms. The molecule has 0 aliphatic carbocycles. The van der Waals surface area contributed by atoms with Crippen LogP contribution in [-0.4, -0.2) is 23.9 Å². The molecule has 4 nitrogen and oxygen atoms in total. The van der Waals surface area contributed by atoms with Crippen LogP contribution in [0.4, 0.5) is 13.2 Å². The van der Waals surface area contributed by atoms with Crippen LogP contribution in [0.15, 0.2) is 24.3 Å². The van der Waals surface area contributed by atoms with Crippen molar-refractivity contribution in [1.29, 1.82) is 0 Å². The van der Waals surface area contributed by atoms with Crippen LogP contribution < -0.4 is 10.5 Å². The van der Waals surface area contributed by atoms with Gasteiger partial charge in [-0.15, -0.1) is 0 Å². The molecule has 0 amide bonds. The average molecular weight is 249 g/mol. The lowest BCUT2D eigenvalue weighted by molar-refractivity contribution is -0.149. The quantitative estimate of drug-likeness (QED) is 0.852. The lowest BCUT2D eigenvalue weighted by Gasteiger charge is -2.16. The third-order valence-electron chi connectivity index (χ3n) is 1.95. The predicted octanol–water partition coefficient (Wildman–Crippen LogP) is 1.71. The number of carboxylic acid groups (broad SMARTS) is 1. The molecule has 7 heteroatoms. The minimum Gasteiger partial charge on any atom is -0.482 e. The topological polar surface area (TPSA) is 72.5 Å². The van der Waals surface area contributed by atoms with E-state index >= 15 is 0 Å². The number of ether oxygens (including phenoxy) is 1. The largest absolute Gasteiger partial charge is 0.482 e. The Morgan fingerprint density at radius 1 is 1.35 bits per heavy atom. The van der Waals surface area contributed by atoms with Crippen molar-refractivity contribution in [1.82, 2.24) is 0 Å². The molecule has 0 aliphatic rings. The Hall–Kier alpha value is -1.76. The second kappa shape index (κ2) is 5.05. The van der Waals surface area contributed by atoms with E-state index in [1.54, 1.807) is 0 Å². The van der Waals surface area contributed by atoms with E-state index in [0.717, 1.165) is 12.1 Å². The van der Waals surface area contributed by atoms with Gasteiger partial charge in [-0.1, -0.05) is 12.1 Å². The summed E-state index contributed by atoms with van der Waals surface area (Å²) < 4.78 is 41.5. The highest BCUT2D eigenvalue weighted by Gasteiger charge is 2.37. The molecule has 94 valence electrons. The van der Waals surface area contributed by atoms with Gasteiger partial charge in [0.05, 0.1) is 0 Å². The first kappa shape index (κ1) is 13.3. The van der Waals surface area contributed by atoms with Gasteiger partial charge in [-0.2, -0.15) is 13.2 Å². The van der Waals surface area contributed by atoms with Crippen molar-refractivity contribution in [3.63, 3.8) is 0 Å². The molecule has 0 bridgehead atoms. The smallest absolute Gasteiger partial charge is 0.407 e. The summed E-state index contributed by atoms with van der Waals surface area (Å²) in [5, 5.41) is 8.33. The summed E-state index contributed by atoms with van der Waals surface area (Å²) in [5.74, 6) is -0.994. The van der Waals surface area contributed by atoms with E-state index in [9.17, 15) is 18.0 Å². The molecule has 0 unspecified atom stereocenters. The Labute approximate surface area is 94.8 Å². The summed E-state index contributed by atoms with van der Waals surface area (Å²) >= 11 is 0. The molecule has 0 aliphatic heterocycles. The number of hydrogen-bond acceptors (Lipinski definition) is 3. The summed E-state index contributed by atoms with van der Waals surface area (Å²) in [6, 6.07) is 2.72. The van der Waals surface area contributed by atoms with E-state index in [4.69, 9.17) is 15.6 Å². The van der Waals surface area contributed by atoms with Crippen molar-refractivity contribution in [2.75, 3.05) is 6.61 Å². The zero-order chi connectivity index (χ0) is 13.1. The van der Waals surface area contributed by atoms with E-state index in [2.05, 4.69) is 0 Å². The number of nitrogens with two attached hydrogens (primary N) is 1. The molecule has 0 saturated heterocycles. The molecule has 1 aromatic carbocycles. The molecule has 3 N–H and O–H groups in total. The fourth-order valence-corrected chi connectivity index (χ4v) is 1.11. The molecule has 1 aromatic rings. The minimum absolute atomic E-state index is 0.111. The molecule has 0 heterocycles. The molecule has 0 fully saturated rings. The highest BCUT2D eigenvalue weighted by molar-refractivity contribution is 5.68. The molecular weight excluding hydrogens is 239 g/mol. The Balaban J connectivity index is 2.71. The van der Waals surface area contributed by atoms with E-state index in [-0.39, 0.29) is 11.3 Å². The number of halogens is 3. The summed E-state index contributed by atoms with van der Waals surface area (Å²) in [5.41, 5.74) is 4.87. The maximum Gasteiger partial charge on any atom is 0.407 e. The lowest BCUT2D eigenvalue weighted by Crippen LogP contribution is -2.28. The van der Waals surface area contributed by atoms with Crippen LogP contribution in [0, 0.1) is 0 Å². The van der Waals surface area contributed by atoms with Crippen LogP contribution >= 0.6 is 0 Å². The fraction of sp³-hybridized carbons (Fsp3) is 0.300. The van der Waals surface area contributed by atoms with Crippen LogP contribution in [-0.2, 0) is 4.79 Å². The number of rotatable bonds is 4. The maximum absolute atomic E-state index is 12.3. The van der Waals surface area contributed by atoms with Gasteiger partial charge >= 0.3 is 12.1 Å². The monoisotopic (exact) mass is 249 g/mol. The van der Waals surface area contributed by atoms with Gasteiger partial charge in [0.1, 0.15) is 11.8 Å². The number of carboxylic acids is 1. The summed E-state index contributed by atoms with van der Waals surface area (Å²) in [4.78, 5) is 10.2. The minimum atomic E-state index is -4.51. The molecule has 17 heavy (non-hydrogen) atoms. The number of carbonyl (C=O) groups is 1. The Bertz CT molecular complexity index is 389. The molecule has 0 saturated carbocycles. The highest BCUT2D eigenvalue weighted by atomic mass is 19.4. The summed E-state index contributed by atoms with van der Waals surface area (Å²) in [6.45, 7) is -0.551. The summed E-state index contributed by atoms with van der Waals surface area (Å²) in [6.07, 6.45) is -4.51. The van der Waals surface area contributed by atoms with Gasteiger partial charge in [0.15, 0.2) is 6.61 Å². The number of aliphatic carboxylic acids is 1. The van der Waals surface area contributed by atoms with Crippen LogP contribution in [0.2, 0.25) is 0 Å². The van der Waals surface area contributed by atoms with Gasteiger partial charge in [0, 0.05) is 0 Å². The first-order valence-corrected chi connectivity index (χ1v) is 4.57. The van der Waals surface area contributed by atoms with Crippen molar-refractivity contribution in [3.05, 3.63) is 29.8 Å². The standard InChI is InChI=1S/C10H10F3NO3/c11-10(12,13)9(14)6-1-3-7(4-2-6)17-5-8(15)16/h1-4,9H,5,14H2,(H,15,16)/t9-/m1/s1. The Morgan fingerprint density at radius 3 is 2.29 bits per heavy atom. The SMILES string of the molecule is N[C@H](c1ccc(OCC(=O)O)cc1)C(F)(F)F. The van der Waals surface area contributed by atoms with Crippen LogP contribution in [0.3, 0.4) is 0 Å². The maximum atomic E-state index is 12.3. The zero-order valence-electron chi connectivity index (χ0n) is 8.57. The average Bonchev–Trinajstić information content (AvgIpc) is 2.25. The van der Waals surface area contributed by atoms with Crippen molar-refractivity contribution < 1.29 is 27.8 Å². The van der Waals surface area contributed by atoms with Crippen LogP contribution in [0.25, 0.3) is 0 Å². The molecule has 0 radical (unpaired) electrons. The van der Waals surface area contributed by atoms with Gasteiger partial charge in [-0.3, -0.25) is 0 Å². The van der Waals surface area contributed by atoms with E-state index < -0.39 is 24.8 Å². The van der Waals surface area contributed by atoms with Gasteiger partial charge in [0.25, 0.3) is 0 Å². The van der Waals surface area contributed by atoms with E-state index in [0.29, 0.717) is 0 Å². The molecular formula is C10H10F3NO3. The third-order valence-corrected chi connectivity index (χ3v) is 1.95. The lowest BCUT2D eigenvalue weighted by atomic mass is 10.1. The van der Waals surface area contributed by atoms with Crippen molar-refractivity contribution >= 4 is 5.97 Å². The van der Waals surface area contributed by atoms with Crippen molar-refractivity contribution in [2.45, 2.75) is 12.2 Å². The van der Waals surface area contributed by atoms with Gasteiger partial charge in [-0.05, 0) is 17.7 Å². The van der Waals surface area contributed by atoms with Gasteiger partial charge in [0.2, 0.25) is 0 Å². The molecule has 1 atom stereocenters. The highest BCUT2D eigenvalue weighted by Crippen LogP contribution is 2.31. The van der Waals surface area contributed by atoms with Crippen molar-refractivity contribution in [3.8, 4) is 5.75 Å². The number of alkyl halides is 3. The normalized spacial score (nSPS) is 13.2. The Kier molecular flexibility index (Phi) is 3.95. The Morgan fingerprint density at radius 2 is 1.88 bits per heavy atom. The van der Waals surface area contributed by atoms with E-state index in [1.165, 1.54) is 12.1 Å². The first-order valence-electron chi connectivity index (χ1n) is 4.57. The molecule has 0 aromatic heterocycles. The van der Waals surface area contributed by atoms with Gasteiger partial charge in [-0.25, -0.2) is 4.79 Å². The molecule has 1 rings (SSSR count). The van der Waals surface area contributed by atoms with E-state index in [1.807, 2.05) is 0 Å². The van der Waals surface area contributed by atoms with Crippen LogP contribution in [0.1, 0.15) is 11.6 Å². The summed E-state index contributed by atoms with van der Waals surface area (Å²) in [7, 11) is 0. The third kappa shape index (κ3) is 3.95. The van der Waals surface area contributed by atoms with Crippen molar-refractivity contribution in [2.24, 2.45) is 5.73 Å². The predicted molar refractivity (Wildman–Crippen MR) is 52.6 cm³/mol. The fourth-order valence-electron chi connectivity index (χ4n) is 1.11. The first-order chi connectivity index (χ1) is 7.80. The van der Waals surface area contributed by atoms with Crippen LogP contribution in [0.5, 0.6) is 5.75 Å². The van der Waals surface area contributed by atoms with Gasteiger partial charge < -0.3 is 15.6 Å². The second-order valence-corrected chi connectivity index (χ2v) is 3.27. The number of benzene rings is 1. The second-order valence-electron chi connectivity index (χ2n) is 3.27.